The minimum atomic E-state index is 0.276. The van der Waals surface area contributed by atoms with Gasteiger partial charge < -0.3 is 5.73 Å². The van der Waals surface area contributed by atoms with E-state index in [9.17, 15) is 0 Å². The van der Waals surface area contributed by atoms with E-state index in [-0.39, 0.29) is 5.82 Å². The van der Waals surface area contributed by atoms with Gasteiger partial charge in [0.15, 0.2) is 0 Å². The molecular formula is C9H8BrN3. The number of halogens is 1. The number of pyridine rings is 1. The van der Waals surface area contributed by atoms with Gasteiger partial charge in [0.2, 0.25) is 0 Å². The van der Waals surface area contributed by atoms with E-state index in [1.54, 1.807) is 12.3 Å². The molecule has 4 heteroatoms. The fourth-order valence-electron chi connectivity index (χ4n) is 0.853. The Hall–Kier alpha value is -1.34. The van der Waals surface area contributed by atoms with Gasteiger partial charge in [-0.3, -0.25) is 0 Å². The molecule has 1 rings (SSSR count). The summed E-state index contributed by atoms with van der Waals surface area (Å²) in [6, 6.07) is 3.69. The number of allylic oxidation sites excluding steroid dienone is 1. The second-order valence-corrected chi connectivity index (χ2v) is 3.02. The minimum Gasteiger partial charge on any atom is -0.383 e. The van der Waals surface area contributed by atoms with Crippen molar-refractivity contribution >= 4 is 27.8 Å². The zero-order chi connectivity index (χ0) is 9.68. The van der Waals surface area contributed by atoms with E-state index in [2.05, 4.69) is 20.9 Å². The summed E-state index contributed by atoms with van der Waals surface area (Å²) in [7, 11) is 0. The number of nitrogens with zero attached hydrogens (tertiary/aromatic N) is 2. The van der Waals surface area contributed by atoms with Crippen molar-refractivity contribution in [2.45, 2.75) is 0 Å². The van der Waals surface area contributed by atoms with Crippen molar-refractivity contribution in [1.82, 2.24) is 4.98 Å². The summed E-state index contributed by atoms with van der Waals surface area (Å²) in [5.41, 5.74) is 6.76. The van der Waals surface area contributed by atoms with Crippen LogP contribution in [0.5, 0.6) is 0 Å². The number of nitrogens with two attached hydrogens (primary N) is 1. The highest BCUT2D eigenvalue weighted by Gasteiger charge is 1.98. The number of hydrogen-bond acceptors (Lipinski definition) is 3. The lowest BCUT2D eigenvalue weighted by Gasteiger charge is -1.96. The summed E-state index contributed by atoms with van der Waals surface area (Å²) >= 11 is 3.26. The molecule has 2 N–H and O–H groups in total. The Bertz CT molecular complexity index is 366. The highest BCUT2D eigenvalue weighted by molar-refractivity contribution is 9.09. The predicted octanol–water partition coefficient (Wildman–Crippen LogP) is 1.94. The van der Waals surface area contributed by atoms with Crippen LogP contribution < -0.4 is 5.73 Å². The van der Waals surface area contributed by atoms with Crippen LogP contribution in [0.25, 0.3) is 6.08 Å². The molecule has 0 amide bonds. The number of nitrogen functional groups attached to an aromatic ring is 1. The molecule has 0 fully saturated rings. The summed E-state index contributed by atoms with van der Waals surface area (Å²) < 4.78 is 0. The van der Waals surface area contributed by atoms with Crippen LogP contribution in [0.3, 0.4) is 0 Å². The molecule has 66 valence electrons. The van der Waals surface area contributed by atoms with Gasteiger partial charge in [-0.2, -0.15) is 5.26 Å². The normalized spacial score (nSPS) is 10.2. The topological polar surface area (TPSA) is 62.7 Å². The maximum absolute atomic E-state index is 8.66. The third-order valence-corrected chi connectivity index (χ3v) is 1.83. The van der Waals surface area contributed by atoms with E-state index < -0.39 is 0 Å². The maximum atomic E-state index is 8.66. The van der Waals surface area contributed by atoms with Crippen LogP contribution in [-0.2, 0) is 0 Å². The molecule has 1 aromatic heterocycles. The van der Waals surface area contributed by atoms with Crippen LogP contribution >= 0.6 is 15.9 Å². The van der Waals surface area contributed by atoms with E-state index in [0.717, 1.165) is 10.9 Å². The van der Waals surface area contributed by atoms with Crippen LogP contribution in [-0.4, -0.2) is 10.3 Å². The van der Waals surface area contributed by atoms with Crippen molar-refractivity contribution in [1.29, 1.82) is 5.26 Å². The van der Waals surface area contributed by atoms with Crippen LogP contribution in [0, 0.1) is 11.3 Å². The van der Waals surface area contributed by atoms with Crippen LogP contribution in [0.1, 0.15) is 11.1 Å². The Kier molecular flexibility index (Phi) is 3.47. The van der Waals surface area contributed by atoms with E-state index >= 15 is 0 Å². The van der Waals surface area contributed by atoms with Crippen LogP contribution in [0.15, 0.2) is 18.3 Å². The average molecular weight is 238 g/mol. The van der Waals surface area contributed by atoms with Gasteiger partial charge in [0, 0.05) is 11.5 Å². The van der Waals surface area contributed by atoms with E-state index in [0.29, 0.717) is 5.56 Å². The molecule has 0 atom stereocenters. The molecule has 0 unspecified atom stereocenters. The first kappa shape index (κ1) is 9.75. The summed E-state index contributed by atoms with van der Waals surface area (Å²) in [4.78, 5) is 3.89. The molecule has 0 aliphatic carbocycles. The molecule has 1 aromatic rings. The molecular weight excluding hydrogens is 230 g/mol. The maximum Gasteiger partial charge on any atom is 0.141 e. The minimum absolute atomic E-state index is 0.276. The molecule has 0 saturated heterocycles. The molecule has 3 nitrogen and oxygen atoms in total. The predicted molar refractivity (Wildman–Crippen MR) is 56.2 cm³/mol. The van der Waals surface area contributed by atoms with Gasteiger partial charge in [-0.25, -0.2) is 4.98 Å². The van der Waals surface area contributed by atoms with E-state index in [1.165, 1.54) is 0 Å². The van der Waals surface area contributed by atoms with Crippen molar-refractivity contribution in [3.63, 3.8) is 0 Å². The van der Waals surface area contributed by atoms with Gasteiger partial charge in [0.05, 0.1) is 5.56 Å². The summed E-state index contributed by atoms with van der Waals surface area (Å²) in [5.74, 6) is 0.276. The number of hydrogen-bond donors (Lipinski definition) is 1. The third-order valence-electron chi connectivity index (χ3n) is 1.46. The number of anilines is 1. The zero-order valence-electron chi connectivity index (χ0n) is 6.87. The molecule has 1 heterocycles. The molecule has 0 radical (unpaired) electrons. The summed E-state index contributed by atoms with van der Waals surface area (Å²) in [5, 5.41) is 9.44. The fraction of sp³-hybridized carbons (Fsp3) is 0.111. The molecule has 0 aliphatic rings. The Balaban J connectivity index is 3.01. The largest absolute Gasteiger partial charge is 0.383 e. The number of nitriles is 1. The number of aromatic nitrogens is 1. The van der Waals surface area contributed by atoms with Crippen molar-refractivity contribution in [3.8, 4) is 6.07 Å². The second kappa shape index (κ2) is 4.63. The highest BCUT2D eigenvalue weighted by atomic mass is 79.9. The molecule has 0 spiro atoms. The zero-order valence-corrected chi connectivity index (χ0v) is 8.45. The van der Waals surface area contributed by atoms with Crippen molar-refractivity contribution in [2.24, 2.45) is 0 Å². The van der Waals surface area contributed by atoms with Crippen molar-refractivity contribution in [3.05, 3.63) is 29.5 Å². The second-order valence-electron chi connectivity index (χ2n) is 2.37. The Labute approximate surface area is 85.0 Å². The quantitative estimate of drug-likeness (QED) is 0.801. The highest BCUT2D eigenvalue weighted by Crippen LogP contribution is 2.10. The lowest BCUT2D eigenvalue weighted by Crippen LogP contribution is -1.94. The summed E-state index contributed by atoms with van der Waals surface area (Å²) in [6.07, 6.45) is 5.44. The van der Waals surface area contributed by atoms with E-state index in [1.807, 2.05) is 18.2 Å². The average Bonchev–Trinajstić information content (AvgIpc) is 2.16. The Morgan fingerprint density at radius 2 is 2.46 bits per heavy atom. The first-order valence-corrected chi connectivity index (χ1v) is 4.78. The SMILES string of the molecule is N#Cc1cc(C=CCBr)cnc1N. The monoisotopic (exact) mass is 237 g/mol. The molecule has 0 bridgehead atoms. The first-order chi connectivity index (χ1) is 6.27. The molecule has 0 saturated carbocycles. The number of alkyl halides is 1. The lowest BCUT2D eigenvalue weighted by atomic mass is 10.2. The first-order valence-electron chi connectivity index (χ1n) is 3.66. The van der Waals surface area contributed by atoms with Gasteiger partial charge >= 0.3 is 0 Å². The van der Waals surface area contributed by atoms with Gasteiger partial charge in [-0.15, -0.1) is 0 Å². The van der Waals surface area contributed by atoms with Crippen molar-refractivity contribution in [2.75, 3.05) is 11.1 Å². The van der Waals surface area contributed by atoms with E-state index in [4.69, 9.17) is 11.0 Å². The summed E-state index contributed by atoms with van der Waals surface area (Å²) in [6.45, 7) is 0. The Morgan fingerprint density at radius 1 is 1.69 bits per heavy atom. The lowest BCUT2D eigenvalue weighted by molar-refractivity contribution is 1.30. The van der Waals surface area contributed by atoms with Gasteiger partial charge in [0.1, 0.15) is 11.9 Å². The van der Waals surface area contributed by atoms with Gasteiger partial charge in [-0.1, -0.05) is 28.1 Å². The molecule has 0 aromatic carbocycles. The fourth-order valence-corrected chi connectivity index (χ4v) is 1.04. The van der Waals surface area contributed by atoms with Gasteiger partial charge in [-0.05, 0) is 11.6 Å². The van der Waals surface area contributed by atoms with Crippen molar-refractivity contribution < 1.29 is 0 Å². The van der Waals surface area contributed by atoms with Crippen LogP contribution in [0.2, 0.25) is 0 Å². The third kappa shape index (κ3) is 2.56. The smallest absolute Gasteiger partial charge is 0.141 e. The molecule has 13 heavy (non-hydrogen) atoms. The standard InChI is InChI=1S/C9H8BrN3/c10-3-1-2-7-4-8(5-11)9(12)13-6-7/h1-2,4,6H,3H2,(H2,12,13). The molecule has 0 aliphatic heterocycles. The van der Waals surface area contributed by atoms with Crippen LogP contribution in [0.4, 0.5) is 5.82 Å². The Morgan fingerprint density at radius 3 is 3.08 bits per heavy atom. The van der Waals surface area contributed by atoms with Gasteiger partial charge in [0.25, 0.3) is 0 Å². The number of rotatable bonds is 2.